The third-order valence-electron chi connectivity index (χ3n) is 3.48. The molecule has 2 rings (SSSR count). The Morgan fingerprint density at radius 3 is 2.38 bits per heavy atom. The van der Waals surface area contributed by atoms with Crippen molar-refractivity contribution in [2.45, 2.75) is 12.7 Å². The molecule has 8 heteroatoms. The van der Waals surface area contributed by atoms with Crippen LogP contribution in [0.15, 0.2) is 24.3 Å². The van der Waals surface area contributed by atoms with Crippen LogP contribution in [0.5, 0.6) is 0 Å². The lowest BCUT2D eigenvalue weighted by Gasteiger charge is -2.18. The fourth-order valence-electron chi connectivity index (χ4n) is 2.46. The van der Waals surface area contributed by atoms with Crippen LogP contribution in [-0.4, -0.2) is 35.2 Å². The molecule has 1 aliphatic rings. The van der Waals surface area contributed by atoms with Crippen LogP contribution in [0.4, 0.5) is 17.6 Å². The van der Waals surface area contributed by atoms with Crippen LogP contribution in [0.3, 0.4) is 0 Å². The van der Waals surface area contributed by atoms with Crippen molar-refractivity contribution in [1.82, 2.24) is 4.90 Å². The molecule has 1 saturated heterocycles. The Hall–Kier alpha value is -1.34. The summed E-state index contributed by atoms with van der Waals surface area (Å²) < 4.78 is 51.9. The summed E-state index contributed by atoms with van der Waals surface area (Å²) in [7, 11) is 0. The van der Waals surface area contributed by atoms with Crippen LogP contribution in [0.25, 0.3) is 0 Å². The molecule has 1 N–H and O–H groups in total. The molecule has 1 aromatic carbocycles. The third kappa shape index (κ3) is 4.07. The van der Waals surface area contributed by atoms with E-state index in [1.807, 2.05) is 0 Å². The fourth-order valence-corrected chi connectivity index (χ4v) is 2.46. The summed E-state index contributed by atoms with van der Waals surface area (Å²) >= 11 is 0. The molecule has 1 aliphatic heterocycles. The second kappa shape index (κ2) is 6.62. The van der Waals surface area contributed by atoms with E-state index in [0.29, 0.717) is 0 Å². The van der Waals surface area contributed by atoms with Gasteiger partial charge in [0, 0.05) is 25.2 Å². The number of carbonyl (C=O) groups is 1. The number of halogens is 5. The summed E-state index contributed by atoms with van der Waals surface area (Å²) in [5.41, 5.74) is 0.263. The Kier molecular flexibility index (Phi) is 5.58. The first-order valence-electron chi connectivity index (χ1n) is 6.04. The van der Waals surface area contributed by atoms with Crippen molar-refractivity contribution in [3.8, 4) is 0 Å². The molecule has 118 valence electrons. The summed E-state index contributed by atoms with van der Waals surface area (Å²) in [5.74, 6) is -5.38. The maximum absolute atomic E-state index is 13.5. The predicted molar refractivity (Wildman–Crippen MR) is 69.6 cm³/mol. The quantitative estimate of drug-likeness (QED) is 0.868. The van der Waals surface area contributed by atoms with Crippen molar-refractivity contribution in [3.05, 3.63) is 35.6 Å². The Labute approximate surface area is 125 Å². The zero-order valence-electron chi connectivity index (χ0n) is 10.8. The molecule has 0 saturated carbocycles. The van der Waals surface area contributed by atoms with Crippen molar-refractivity contribution >= 4 is 18.4 Å². The van der Waals surface area contributed by atoms with Crippen molar-refractivity contribution in [2.24, 2.45) is 11.8 Å². The number of carboxylic acids is 1. The van der Waals surface area contributed by atoms with Crippen LogP contribution >= 0.6 is 12.4 Å². The molecule has 21 heavy (non-hydrogen) atoms. The number of likely N-dealkylation sites (tertiary alicyclic amines) is 1. The first kappa shape index (κ1) is 17.7. The maximum Gasteiger partial charge on any atom is 0.393 e. The molecule has 1 heterocycles. The summed E-state index contributed by atoms with van der Waals surface area (Å²) in [5, 5.41) is 8.88. The Morgan fingerprint density at radius 2 is 1.90 bits per heavy atom. The van der Waals surface area contributed by atoms with E-state index in [4.69, 9.17) is 5.11 Å². The lowest BCUT2D eigenvalue weighted by atomic mass is 9.96. The highest BCUT2D eigenvalue weighted by Crippen LogP contribution is 2.38. The van der Waals surface area contributed by atoms with Crippen molar-refractivity contribution in [3.63, 3.8) is 0 Å². The van der Waals surface area contributed by atoms with E-state index >= 15 is 0 Å². The number of hydrogen-bond acceptors (Lipinski definition) is 2. The molecule has 0 aromatic heterocycles. The van der Waals surface area contributed by atoms with Gasteiger partial charge in [-0.05, 0) is 6.07 Å². The van der Waals surface area contributed by atoms with Crippen LogP contribution < -0.4 is 0 Å². The Morgan fingerprint density at radius 1 is 1.29 bits per heavy atom. The van der Waals surface area contributed by atoms with Crippen molar-refractivity contribution < 1.29 is 27.5 Å². The number of carboxylic acid groups (broad SMARTS) is 1. The van der Waals surface area contributed by atoms with Crippen LogP contribution in [0, 0.1) is 17.7 Å². The first-order chi connectivity index (χ1) is 9.29. The first-order valence-corrected chi connectivity index (χ1v) is 6.04. The van der Waals surface area contributed by atoms with Gasteiger partial charge in [-0.3, -0.25) is 9.69 Å². The summed E-state index contributed by atoms with van der Waals surface area (Å²) in [6, 6.07) is 5.78. The molecular weight excluding hydrogens is 314 g/mol. The normalized spacial score (nSPS) is 22.9. The van der Waals surface area contributed by atoms with Crippen LogP contribution in [0.2, 0.25) is 0 Å². The highest BCUT2D eigenvalue weighted by molar-refractivity contribution is 5.85. The van der Waals surface area contributed by atoms with E-state index in [1.54, 1.807) is 6.07 Å². The minimum absolute atomic E-state index is 0. The van der Waals surface area contributed by atoms with Gasteiger partial charge in [-0.2, -0.15) is 13.2 Å². The second-order valence-electron chi connectivity index (χ2n) is 4.88. The van der Waals surface area contributed by atoms with Crippen molar-refractivity contribution in [1.29, 1.82) is 0 Å². The number of aliphatic carboxylic acids is 1. The second-order valence-corrected chi connectivity index (χ2v) is 4.88. The molecule has 1 fully saturated rings. The SMILES string of the molecule is Cl.O=C(O)[C@@H]1CN(Cc2ccccc2F)C[C@H]1C(F)(F)F. The van der Waals surface area contributed by atoms with Gasteiger partial charge in [-0.15, -0.1) is 12.4 Å². The Balaban J connectivity index is 0.00000220. The largest absolute Gasteiger partial charge is 0.481 e. The van der Waals surface area contributed by atoms with E-state index in [2.05, 4.69) is 0 Å². The molecule has 0 bridgehead atoms. The van der Waals surface area contributed by atoms with Crippen LogP contribution in [0.1, 0.15) is 5.56 Å². The van der Waals surface area contributed by atoms with E-state index in [-0.39, 0.29) is 31.1 Å². The summed E-state index contributed by atoms with van der Waals surface area (Å²) in [6.45, 7) is -0.675. The molecule has 0 aliphatic carbocycles. The Bertz CT molecular complexity index is 509. The van der Waals surface area contributed by atoms with E-state index in [9.17, 15) is 22.4 Å². The fraction of sp³-hybridized carbons (Fsp3) is 0.462. The molecule has 2 atom stereocenters. The predicted octanol–water partition coefficient (Wildman–Crippen LogP) is 2.94. The van der Waals surface area contributed by atoms with Gasteiger partial charge in [-0.1, -0.05) is 18.2 Å². The number of nitrogens with zero attached hydrogens (tertiary/aromatic N) is 1. The van der Waals surface area contributed by atoms with Gasteiger partial charge in [0.05, 0.1) is 11.8 Å². The lowest BCUT2D eigenvalue weighted by Crippen LogP contribution is -2.33. The van der Waals surface area contributed by atoms with Gasteiger partial charge >= 0.3 is 12.1 Å². The van der Waals surface area contributed by atoms with Crippen LogP contribution in [-0.2, 0) is 11.3 Å². The standard InChI is InChI=1S/C13H13F4NO2.ClH/c14-11-4-2-1-3-8(11)5-18-6-9(12(19)20)10(7-18)13(15,16)17;/h1-4,9-10H,5-7H2,(H,19,20);1H/t9-,10-;/m1./s1. The minimum atomic E-state index is -4.56. The van der Waals surface area contributed by atoms with Gasteiger partial charge in [0.25, 0.3) is 0 Å². The summed E-state index contributed by atoms with van der Waals surface area (Å²) in [4.78, 5) is 12.3. The zero-order chi connectivity index (χ0) is 14.9. The molecule has 0 amide bonds. The van der Waals surface area contributed by atoms with E-state index < -0.39 is 36.3 Å². The molecule has 0 spiro atoms. The van der Waals surface area contributed by atoms with Gasteiger partial charge < -0.3 is 5.11 Å². The zero-order valence-corrected chi connectivity index (χ0v) is 11.6. The number of hydrogen-bond donors (Lipinski definition) is 1. The van der Waals surface area contributed by atoms with Crippen molar-refractivity contribution in [2.75, 3.05) is 13.1 Å². The average molecular weight is 328 g/mol. The monoisotopic (exact) mass is 327 g/mol. The number of benzene rings is 1. The maximum atomic E-state index is 13.5. The highest BCUT2D eigenvalue weighted by Gasteiger charge is 2.52. The van der Waals surface area contributed by atoms with E-state index in [1.165, 1.54) is 23.1 Å². The molecule has 1 aromatic rings. The smallest absolute Gasteiger partial charge is 0.393 e. The summed E-state index contributed by atoms with van der Waals surface area (Å²) in [6.07, 6.45) is -4.56. The number of alkyl halides is 3. The number of rotatable bonds is 3. The minimum Gasteiger partial charge on any atom is -0.481 e. The van der Waals surface area contributed by atoms with Gasteiger partial charge in [0.2, 0.25) is 0 Å². The lowest BCUT2D eigenvalue weighted by molar-refractivity contribution is -0.188. The molecular formula is C13H14ClF4NO2. The molecule has 0 unspecified atom stereocenters. The highest BCUT2D eigenvalue weighted by atomic mass is 35.5. The van der Waals surface area contributed by atoms with Gasteiger partial charge in [-0.25, -0.2) is 4.39 Å². The van der Waals surface area contributed by atoms with Gasteiger partial charge in [0.15, 0.2) is 0 Å². The topological polar surface area (TPSA) is 40.5 Å². The average Bonchev–Trinajstić information content (AvgIpc) is 2.76. The third-order valence-corrected chi connectivity index (χ3v) is 3.48. The van der Waals surface area contributed by atoms with E-state index in [0.717, 1.165) is 0 Å². The molecule has 3 nitrogen and oxygen atoms in total. The molecule has 0 radical (unpaired) electrons. The van der Waals surface area contributed by atoms with Gasteiger partial charge in [0.1, 0.15) is 5.82 Å².